The number of hydrogen-bond acceptors (Lipinski definition) is 3. The van der Waals surface area contributed by atoms with Crippen LogP contribution in [0.25, 0.3) is 0 Å². The summed E-state index contributed by atoms with van der Waals surface area (Å²) in [5, 5.41) is 0. The third-order valence-electron chi connectivity index (χ3n) is 4.99. The molecule has 1 aromatic carbocycles. The van der Waals surface area contributed by atoms with E-state index in [2.05, 4.69) is 31.0 Å². The molecule has 1 aliphatic rings. The summed E-state index contributed by atoms with van der Waals surface area (Å²) in [5.41, 5.74) is 7.52. The fraction of sp³-hybridized carbons (Fsp3) is 0.647. The van der Waals surface area contributed by atoms with Crippen LogP contribution in [0.3, 0.4) is 0 Å². The van der Waals surface area contributed by atoms with Gasteiger partial charge < -0.3 is 15.4 Å². The monoisotopic (exact) mass is 276 g/mol. The number of methoxy groups -OCH3 is 1. The summed E-state index contributed by atoms with van der Waals surface area (Å²) >= 11 is 0. The number of benzene rings is 1. The highest BCUT2D eigenvalue weighted by Gasteiger charge is 2.35. The number of anilines is 1. The van der Waals surface area contributed by atoms with Crippen molar-refractivity contribution in [1.29, 1.82) is 0 Å². The van der Waals surface area contributed by atoms with Crippen molar-refractivity contribution >= 4 is 5.69 Å². The Labute approximate surface area is 123 Å². The predicted octanol–water partition coefficient (Wildman–Crippen LogP) is 3.43. The van der Waals surface area contributed by atoms with Gasteiger partial charge in [-0.15, -0.1) is 0 Å². The third kappa shape index (κ3) is 3.09. The van der Waals surface area contributed by atoms with Crippen LogP contribution in [0, 0.1) is 5.92 Å². The molecule has 0 spiro atoms. The summed E-state index contributed by atoms with van der Waals surface area (Å²) in [7, 11) is 3.89. The Morgan fingerprint density at radius 3 is 2.55 bits per heavy atom. The second-order valence-electron chi connectivity index (χ2n) is 6.22. The van der Waals surface area contributed by atoms with Gasteiger partial charge in [-0.3, -0.25) is 0 Å². The number of ether oxygens (including phenoxy) is 1. The van der Waals surface area contributed by atoms with Gasteiger partial charge in [0.25, 0.3) is 0 Å². The first-order valence-corrected chi connectivity index (χ1v) is 7.69. The lowest BCUT2D eigenvalue weighted by Gasteiger charge is -2.42. The fourth-order valence-corrected chi connectivity index (χ4v) is 3.32. The Kier molecular flexibility index (Phi) is 4.92. The van der Waals surface area contributed by atoms with Crippen molar-refractivity contribution in [3.8, 4) is 5.75 Å². The van der Waals surface area contributed by atoms with Gasteiger partial charge in [-0.25, -0.2) is 0 Å². The first kappa shape index (κ1) is 15.2. The zero-order valence-electron chi connectivity index (χ0n) is 13.1. The topological polar surface area (TPSA) is 38.5 Å². The van der Waals surface area contributed by atoms with Crippen LogP contribution in [-0.4, -0.2) is 26.2 Å². The van der Waals surface area contributed by atoms with Crippen molar-refractivity contribution in [2.45, 2.75) is 44.6 Å². The van der Waals surface area contributed by atoms with Crippen LogP contribution in [0.15, 0.2) is 24.3 Å². The van der Waals surface area contributed by atoms with E-state index in [1.807, 2.05) is 12.1 Å². The SMILES string of the molecule is COc1ccc(N(C)C2(CN)CCCC(C)CC2)cc1. The van der Waals surface area contributed by atoms with Crippen molar-refractivity contribution in [1.82, 2.24) is 0 Å². The molecule has 1 aromatic rings. The van der Waals surface area contributed by atoms with Gasteiger partial charge in [0, 0.05) is 19.3 Å². The maximum Gasteiger partial charge on any atom is 0.119 e. The fourth-order valence-electron chi connectivity index (χ4n) is 3.32. The lowest BCUT2D eigenvalue weighted by Crippen LogP contribution is -2.52. The molecule has 1 aliphatic carbocycles. The molecule has 0 aromatic heterocycles. The maximum atomic E-state index is 6.18. The highest BCUT2D eigenvalue weighted by molar-refractivity contribution is 5.51. The smallest absolute Gasteiger partial charge is 0.119 e. The molecule has 1 saturated carbocycles. The predicted molar refractivity (Wildman–Crippen MR) is 85.4 cm³/mol. The van der Waals surface area contributed by atoms with Gasteiger partial charge in [0.2, 0.25) is 0 Å². The van der Waals surface area contributed by atoms with Crippen molar-refractivity contribution in [2.24, 2.45) is 11.7 Å². The van der Waals surface area contributed by atoms with Crippen LogP contribution in [-0.2, 0) is 0 Å². The lowest BCUT2D eigenvalue weighted by atomic mass is 9.87. The standard InChI is InChI=1S/C17H28N2O/c1-14-5-4-11-17(13-18,12-10-14)19(2)15-6-8-16(20-3)9-7-15/h6-9,14H,4-5,10-13,18H2,1-3H3. The molecule has 3 heteroatoms. The number of nitrogens with two attached hydrogens (primary N) is 1. The van der Waals surface area contributed by atoms with Crippen LogP contribution >= 0.6 is 0 Å². The molecule has 2 atom stereocenters. The number of rotatable bonds is 4. The molecule has 0 radical (unpaired) electrons. The summed E-state index contributed by atoms with van der Waals surface area (Å²) < 4.78 is 5.24. The zero-order chi connectivity index (χ0) is 14.6. The van der Waals surface area contributed by atoms with Gasteiger partial charge in [-0.2, -0.15) is 0 Å². The molecular formula is C17H28N2O. The Morgan fingerprint density at radius 1 is 1.25 bits per heavy atom. The summed E-state index contributed by atoms with van der Waals surface area (Å²) in [6, 6.07) is 8.31. The van der Waals surface area contributed by atoms with E-state index in [0.717, 1.165) is 18.2 Å². The molecule has 0 saturated heterocycles. The first-order chi connectivity index (χ1) is 9.61. The second kappa shape index (κ2) is 6.49. The van der Waals surface area contributed by atoms with Gasteiger partial charge >= 0.3 is 0 Å². The van der Waals surface area contributed by atoms with Crippen LogP contribution in [0.1, 0.15) is 39.0 Å². The van der Waals surface area contributed by atoms with Gasteiger partial charge in [-0.05, 0) is 49.4 Å². The molecule has 112 valence electrons. The summed E-state index contributed by atoms with van der Waals surface area (Å²) in [6.45, 7) is 3.09. The third-order valence-corrected chi connectivity index (χ3v) is 4.99. The average Bonchev–Trinajstić information content (AvgIpc) is 2.69. The Bertz CT molecular complexity index is 418. The number of nitrogens with zero attached hydrogens (tertiary/aromatic N) is 1. The molecule has 2 rings (SSSR count). The lowest BCUT2D eigenvalue weighted by molar-refractivity contribution is 0.357. The van der Waals surface area contributed by atoms with Crippen LogP contribution in [0.5, 0.6) is 5.75 Å². The molecule has 3 nitrogen and oxygen atoms in total. The van der Waals surface area contributed by atoms with Crippen LogP contribution in [0.4, 0.5) is 5.69 Å². The van der Waals surface area contributed by atoms with E-state index < -0.39 is 0 Å². The Balaban J connectivity index is 2.20. The Morgan fingerprint density at radius 2 is 1.95 bits per heavy atom. The molecule has 0 aliphatic heterocycles. The molecule has 0 heterocycles. The van der Waals surface area contributed by atoms with Crippen LogP contribution < -0.4 is 15.4 Å². The van der Waals surface area contributed by atoms with Crippen molar-refractivity contribution in [2.75, 3.05) is 25.6 Å². The largest absolute Gasteiger partial charge is 0.497 e. The number of hydrogen-bond donors (Lipinski definition) is 1. The Hall–Kier alpha value is -1.22. The van der Waals surface area contributed by atoms with E-state index in [9.17, 15) is 0 Å². The number of likely N-dealkylation sites (N-methyl/N-ethyl adjacent to an activating group) is 1. The van der Waals surface area contributed by atoms with Gasteiger partial charge in [0.05, 0.1) is 12.6 Å². The van der Waals surface area contributed by atoms with Gasteiger partial charge in [0.1, 0.15) is 5.75 Å². The molecule has 1 fully saturated rings. The van der Waals surface area contributed by atoms with Gasteiger partial charge in [0.15, 0.2) is 0 Å². The summed E-state index contributed by atoms with van der Waals surface area (Å²) in [6.07, 6.45) is 6.26. The zero-order valence-corrected chi connectivity index (χ0v) is 13.1. The quantitative estimate of drug-likeness (QED) is 0.856. The highest BCUT2D eigenvalue weighted by atomic mass is 16.5. The molecule has 2 unspecified atom stereocenters. The second-order valence-corrected chi connectivity index (χ2v) is 6.22. The normalized spacial score (nSPS) is 26.9. The highest BCUT2D eigenvalue weighted by Crippen LogP contribution is 2.36. The minimum absolute atomic E-state index is 0.110. The molecule has 0 amide bonds. The molecular weight excluding hydrogens is 248 g/mol. The van der Waals surface area contributed by atoms with Crippen molar-refractivity contribution < 1.29 is 4.74 Å². The van der Waals surface area contributed by atoms with Crippen molar-refractivity contribution in [3.63, 3.8) is 0 Å². The molecule has 2 N–H and O–H groups in total. The minimum atomic E-state index is 0.110. The van der Waals surface area contributed by atoms with E-state index in [4.69, 9.17) is 10.5 Å². The van der Waals surface area contributed by atoms with E-state index in [1.165, 1.54) is 37.8 Å². The van der Waals surface area contributed by atoms with E-state index in [-0.39, 0.29) is 5.54 Å². The minimum Gasteiger partial charge on any atom is -0.497 e. The van der Waals surface area contributed by atoms with E-state index in [0.29, 0.717) is 0 Å². The summed E-state index contributed by atoms with van der Waals surface area (Å²) in [5.74, 6) is 1.73. The first-order valence-electron chi connectivity index (χ1n) is 7.69. The van der Waals surface area contributed by atoms with Crippen molar-refractivity contribution in [3.05, 3.63) is 24.3 Å². The maximum absolute atomic E-state index is 6.18. The van der Waals surface area contributed by atoms with Gasteiger partial charge in [-0.1, -0.05) is 19.8 Å². The molecule has 0 bridgehead atoms. The molecule has 20 heavy (non-hydrogen) atoms. The van der Waals surface area contributed by atoms with E-state index in [1.54, 1.807) is 7.11 Å². The average molecular weight is 276 g/mol. The van der Waals surface area contributed by atoms with E-state index >= 15 is 0 Å². The van der Waals surface area contributed by atoms with Crippen LogP contribution in [0.2, 0.25) is 0 Å². The summed E-state index contributed by atoms with van der Waals surface area (Å²) in [4.78, 5) is 2.39.